The summed E-state index contributed by atoms with van der Waals surface area (Å²) in [6, 6.07) is 0. The molecule has 0 bridgehead atoms. The van der Waals surface area contributed by atoms with Gasteiger partial charge < -0.3 is 25.2 Å². The fourth-order valence-corrected chi connectivity index (χ4v) is 0.536. The molecule has 0 aromatic rings. The van der Waals surface area contributed by atoms with Crippen LogP contribution in [0.5, 0.6) is 0 Å². The summed E-state index contributed by atoms with van der Waals surface area (Å²) in [5.74, 6) is 0. The van der Waals surface area contributed by atoms with Gasteiger partial charge in [-0.1, -0.05) is 0 Å². The summed E-state index contributed by atoms with van der Waals surface area (Å²) in [5.41, 5.74) is -1.85. The number of hydrogen-bond acceptors (Lipinski definition) is 5. The van der Waals surface area contributed by atoms with Gasteiger partial charge in [0.05, 0.1) is 6.61 Å². The lowest BCUT2D eigenvalue weighted by Gasteiger charge is -2.27. The summed E-state index contributed by atoms with van der Waals surface area (Å²) >= 11 is 0. The van der Waals surface area contributed by atoms with E-state index in [1.165, 1.54) is 0 Å². The number of rotatable bonds is 4. The van der Waals surface area contributed by atoms with Gasteiger partial charge in [-0.15, -0.1) is 0 Å². The molecular weight excluding hydrogens is 152 g/mol. The summed E-state index contributed by atoms with van der Waals surface area (Å²) in [4.78, 5) is 9.91. The first-order valence-corrected chi connectivity index (χ1v) is 3.10. The molecule has 0 spiro atoms. The topological polar surface area (TPSA) is 98.0 Å². The Kier molecular flexibility index (Phi) is 3.61. The van der Waals surface area contributed by atoms with Crippen molar-refractivity contribution in [1.29, 1.82) is 0 Å². The van der Waals surface area contributed by atoms with E-state index in [1.807, 2.05) is 0 Å². The van der Waals surface area contributed by atoms with Crippen molar-refractivity contribution in [3.8, 4) is 0 Å². The highest BCUT2D eigenvalue weighted by Gasteiger charge is 2.34. The molecule has 0 unspecified atom stereocenters. The molecule has 0 aromatic carbocycles. The average Bonchev–Trinajstić information content (AvgIpc) is 2.01. The molecule has 0 aromatic heterocycles. The Balaban J connectivity index is 4.21. The Morgan fingerprint density at radius 2 is 2.00 bits per heavy atom. The Morgan fingerprint density at radius 1 is 1.55 bits per heavy atom. The number of carbonyl (C=O) groups is 1. The van der Waals surface area contributed by atoms with Crippen LogP contribution < -0.4 is 0 Å². The molecular formula is C6H12O5. The van der Waals surface area contributed by atoms with Gasteiger partial charge in [-0.3, -0.25) is 0 Å². The van der Waals surface area contributed by atoms with Gasteiger partial charge in [-0.25, -0.2) is 0 Å². The molecule has 0 aliphatic heterocycles. The van der Waals surface area contributed by atoms with Crippen molar-refractivity contribution in [2.24, 2.45) is 0 Å². The lowest BCUT2D eigenvalue weighted by Crippen LogP contribution is -2.50. The summed E-state index contributed by atoms with van der Waals surface area (Å²) in [5, 5.41) is 35.2. The third kappa shape index (κ3) is 2.55. The number of hydrogen-bond donors (Lipinski definition) is 4. The highest BCUT2D eigenvalue weighted by atomic mass is 16.4. The van der Waals surface area contributed by atoms with Crippen LogP contribution in [0.25, 0.3) is 0 Å². The van der Waals surface area contributed by atoms with Crippen LogP contribution in [0.15, 0.2) is 0 Å². The minimum atomic E-state index is -1.85. The maximum Gasteiger partial charge on any atom is 0.151 e. The molecule has 0 aliphatic rings. The van der Waals surface area contributed by atoms with Crippen molar-refractivity contribution >= 4 is 6.29 Å². The first-order valence-electron chi connectivity index (χ1n) is 3.10. The smallest absolute Gasteiger partial charge is 0.151 e. The van der Waals surface area contributed by atoms with Crippen LogP contribution in [-0.2, 0) is 4.79 Å². The first-order chi connectivity index (χ1) is 4.95. The van der Waals surface area contributed by atoms with Crippen LogP contribution in [0.1, 0.15) is 6.92 Å². The molecule has 0 heterocycles. The zero-order valence-corrected chi connectivity index (χ0v) is 6.14. The quantitative estimate of drug-likeness (QED) is 0.349. The van der Waals surface area contributed by atoms with E-state index in [4.69, 9.17) is 20.4 Å². The number of aldehydes is 1. The van der Waals surface area contributed by atoms with Gasteiger partial charge in [0.25, 0.3) is 0 Å². The van der Waals surface area contributed by atoms with Gasteiger partial charge in [-0.05, 0) is 6.92 Å². The molecule has 0 saturated heterocycles. The van der Waals surface area contributed by atoms with Gasteiger partial charge >= 0.3 is 0 Å². The van der Waals surface area contributed by atoms with Crippen LogP contribution in [0.3, 0.4) is 0 Å². The Morgan fingerprint density at radius 3 is 2.27 bits per heavy atom. The first kappa shape index (κ1) is 10.5. The van der Waals surface area contributed by atoms with Crippen LogP contribution in [0, 0.1) is 0 Å². The molecule has 0 fully saturated rings. The maximum absolute atomic E-state index is 9.91. The second kappa shape index (κ2) is 3.77. The second-order valence-electron chi connectivity index (χ2n) is 2.59. The fourth-order valence-electron chi connectivity index (χ4n) is 0.536. The molecule has 11 heavy (non-hydrogen) atoms. The van der Waals surface area contributed by atoms with Crippen molar-refractivity contribution in [2.75, 3.05) is 6.61 Å². The summed E-state index contributed by atoms with van der Waals surface area (Å²) in [6.07, 6.45) is -3.24. The molecule has 4 N–H and O–H groups in total. The molecule has 0 rings (SSSR count). The Hall–Kier alpha value is -0.490. The zero-order valence-electron chi connectivity index (χ0n) is 6.14. The van der Waals surface area contributed by atoms with Crippen molar-refractivity contribution in [3.63, 3.8) is 0 Å². The minimum absolute atomic E-state index is 0.0921. The summed E-state index contributed by atoms with van der Waals surface area (Å²) in [7, 11) is 0. The molecule has 5 heteroatoms. The normalized spacial score (nSPS) is 21.9. The van der Waals surface area contributed by atoms with Gasteiger partial charge in [0.2, 0.25) is 0 Å². The Bertz CT molecular complexity index is 133. The van der Waals surface area contributed by atoms with Crippen LogP contribution in [0.2, 0.25) is 0 Å². The van der Waals surface area contributed by atoms with Crippen LogP contribution in [0.4, 0.5) is 0 Å². The molecule has 3 atom stereocenters. The third-order valence-corrected chi connectivity index (χ3v) is 1.42. The van der Waals surface area contributed by atoms with Crippen LogP contribution in [-0.4, -0.2) is 51.1 Å². The van der Waals surface area contributed by atoms with E-state index < -0.39 is 24.4 Å². The fraction of sp³-hybridized carbons (Fsp3) is 0.833. The van der Waals surface area contributed by atoms with Gasteiger partial charge in [0, 0.05) is 0 Å². The minimum Gasteiger partial charge on any atom is -0.393 e. The molecule has 5 nitrogen and oxygen atoms in total. The lowest BCUT2D eigenvalue weighted by molar-refractivity contribution is -0.147. The summed E-state index contributed by atoms with van der Waals surface area (Å²) in [6.45, 7) is 0.392. The van der Waals surface area contributed by atoms with E-state index in [0.29, 0.717) is 0 Å². The second-order valence-corrected chi connectivity index (χ2v) is 2.59. The van der Waals surface area contributed by atoms with Crippen molar-refractivity contribution < 1.29 is 25.2 Å². The van der Waals surface area contributed by atoms with Gasteiger partial charge in [0.1, 0.15) is 17.8 Å². The van der Waals surface area contributed by atoms with E-state index in [-0.39, 0.29) is 6.29 Å². The van der Waals surface area contributed by atoms with Gasteiger partial charge in [0.15, 0.2) is 6.29 Å². The van der Waals surface area contributed by atoms with E-state index >= 15 is 0 Å². The highest BCUT2D eigenvalue weighted by Crippen LogP contribution is 2.11. The molecule has 0 saturated carbocycles. The number of carbonyl (C=O) groups excluding carboxylic acids is 1. The van der Waals surface area contributed by atoms with E-state index in [9.17, 15) is 4.79 Å². The standard InChI is InChI=1S/C6H12O5/c1-6(11,3-8)5(10)4(9)2-7/h2,4-5,8-11H,3H2,1H3/t4-,5+,6-/m0/s1. The molecule has 66 valence electrons. The predicted molar refractivity (Wildman–Crippen MR) is 35.8 cm³/mol. The number of aliphatic hydroxyl groups is 4. The van der Waals surface area contributed by atoms with Crippen LogP contribution >= 0.6 is 0 Å². The monoisotopic (exact) mass is 164 g/mol. The molecule has 0 aliphatic carbocycles. The zero-order chi connectivity index (χ0) is 9.07. The van der Waals surface area contributed by atoms with Crippen molar-refractivity contribution in [3.05, 3.63) is 0 Å². The largest absolute Gasteiger partial charge is 0.393 e. The average molecular weight is 164 g/mol. The van der Waals surface area contributed by atoms with E-state index in [2.05, 4.69) is 0 Å². The van der Waals surface area contributed by atoms with Crippen molar-refractivity contribution in [2.45, 2.75) is 24.7 Å². The maximum atomic E-state index is 9.91. The van der Waals surface area contributed by atoms with Crippen molar-refractivity contribution in [1.82, 2.24) is 0 Å². The lowest BCUT2D eigenvalue weighted by atomic mass is 9.96. The molecule has 0 amide bonds. The summed E-state index contributed by atoms with van der Waals surface area (Å²) < 4.78 is 0. The highest BCUT2D eigenvalue weighted by molar-refractivity contribution is 5.56. The van der Waals surface area contributed by atoms with Gasteiger partial charge in [-0.2, -0.15) is 0 Å². The third-order valence-electron chi connectivity index (χ3n) is 1.42. The number of aliphatic hydroxyl groups excluding tert-OH is 3. The SMILES string of the molecule is C[C@](O)(CO)[C@H](O)[C@@H](O)C=O. The van der Waals surface area contributed by atoms with E-state index in [1.54, 1.807) is 0 Å². The van der Waals surface area contributed by atoms with E-state index in [0.717, 1.165) is 6.92 Å². The Labute approximate surface area is 63.9 Å². The predicted octanol–water partition coefficient (Wildman–Crippen LogP) is -2.35. The molecule has 0 radical (unpaired) electrons.